The van der Waals surface area contributed by atoms with Crippen LogP contribution in [-0.2, 0) is 18.5 Å². The molecule has 4 nitrogen and oxygen atoms in total. The van der Waals surface area contributed by atoms with Crippen molar-refractivity contribution in [3.05, 3.63) is 30.3 Å². The van der Waals surface area contributed by atoms with E-state index >= 15 is 0 Å². The van der Waals surface area contributed by atoms with Crippen LogP contribution in [0.4, 0.5) is 0 Å². The van der Waals surface area contributed by atoms with E-state index in [4.69, 9.17) is 3.63 Å². The van der Waals surface area contributed by atoms with Crippen LogP contribution in [0.25, 0.3) is 0 Å². The number of benzene rings is 1. The molecular formula is C28H42O4S2. The first-order valence-electron chi connectivity index (χ1n) is 13.5. The van der Waals surface area contributed by atoms with Gasteiger partial charge in [-0.2, -0.15) is 8.42 Å². The van der Waals surface area contributed by atoms with E-state index < -0.39 is 25.8 Å². The molecule has 4 aliphatic carbocycles. The lowest BCUT2D eigenvalue weighted by Crippen LogP contribution is -2.44. The third-order valence-corrected chi connectivity index (χ3v) is 16.5. The molecule has 190 valence electrons. The van der Waals surface area contributed by atoms with Gasteiger partial charge in [-0.25, -0.2) is 3.63 Å². The van der Waals surface area contributed by atoms with Crippen molar-refractivity contribution in [2.24, 2.45) is 16.7 Å². The zero-order valence-corrected chi connectivity index (χ0v) is 22.6. The van der Waals surface area contributed by atoms with E-state index in [1.54, 1.807) is 0 Å². The molecule has 0 radical (unpaired) electrons. The van der Waals surface area contributed by atoms with Crippen molar-refractivity contribution in [1.82, 2.24) is 0 Å². The largest absolute Gasteiger partial charge is 0.299 e. The van der Waals surface area contributed by atoms with Crippen LogP contribution in [0, 0.1) is 16.7 Å². The lowest BCUT2D eigenvalue weighted by Gasteiger charge is -2.53. The molecule has 4 aliphatic rings. The maximum Gasteiger partial charge on any atom is 0.277 e. The minimum absolute atomic E-state index is 0.136. The molecule has 5 rings (SSSR count). The monoisotopic (exact) mass is 506 g/mol. The van der Waals surface area contributed by atoms with E-state index in [2.05, 4.69) is 26.0 Å². The highest BCUT2D eigenvalue weighted by atomic mass is 32.3. The minimum atomic E-state index is -3.90. The number of Topliss-reactive ketones (excluding diaryl/α,β-unsaturated/α-hetero) is 1. The second-order valence-corrected chi connectivity index (χ2v) is 17.0. The van der Waals surface area contributed by atoms with E-state index in [9.17, 15) is 13.2 Å². The fraction of sp³-hybridized carbons (Fsp3) is 0.750. The van der Waals surface area contributed by atoms with Gasteiger partial charge in [0, 0.05) is 21.8 Å². The predicted molar refractivity (Wildman–Crippen MR) is 139 cm³/mol. The number of carbonyl (C=O) groups is 1. The van der Waals surface area contributed by atoms with Crippen molar-refractivity contribution >= 4 is 26.2 Å². The van der Waals surface area contributed by atoms with E-state index in [-0.39, 0.29) is 27.5 Å². The van der Waals surface area contributed by atoms with Gasteiger partial charge in [-0.05, 0) is 62.0 Å². The molecule has 0 N–H and O–H groups in total. The lowest BCUT2D eigenvalue weighted by molar-refractivity contribution is -0.128. The number of carbonyl (C=O) groups excluding carboxylic acids is 1. The quantitative estimate of drug-likeness (QED) is 0.393. The zero-order valence-electron chi connectivity index (χ0n) is 21.0. The Morgan fingerprint density at radius 2 is 1.41 bits per heavy atom. The molecule has 2 unspecified atom stereocenters. The summed E-state index contributed by atoms with van der Waals surface area (Å²) < 4.78 is 35.0. The number of hydrogen-bond donors (Lipinski definition) is 0. The fourth-order valence-electron chi connectivity index (χ4n) is 7.88. The predicted octanol–water partition coefficient (Wildman–Crippen LogP) is 7.17. The Morgan fingerprint density at radius 3 is 1.88 bits per heavy atom. The summed E-state index contributed by atoms with van der Waals surface area (Å²) in [5.74, 6) is 0.318. The molecule has 4 fully saturated rings. The Morgan fingerprint density at radius 1 is 0.853 bits per heavy atom. The van der Waals surface area contributed by atoms with Crippen molar-refractivity contribution in [2.75, 3.05) is 5.75 Å². The molecule has 2 bridgehead atoms. The maximum absolute atomic E-state index is 14.1. The highest BCUT2D eigenvalue weighted by Gasteiger charge is 2.66. The van der Waals surface area contributed by atoms with Crippen LogP contribution in [-0.4, -0.2) is 30.5 Å². The summed E-state index contributed by atoms with van der Waals surface area (Å²) in [4.78, 5) is 14.3. The van der Waals surface area contributed by atoms with Crippen molar-refractivity contribution in [2.45, 2.75) is 113 Å². The van der Waals surface area contributed by atoms with E-state index in [0.29, 0.717) is 18.8 Å². The molecule has 0 heterocycles. The van der Waals surface area contributed by atoms with Gasteiger partial charge in [0.1, 0.15) is 5.78 Å². The van der Waals surface area contributed by atoms with Crippen molar-refractivity contribution < 1.29 is 16.8 Å². The van der Waals surface area contributed by atoms with Gasteiger partial charge in [-0.15, -0.1) is 0 Å². The Labute approximate surface area is 208 Å². The zero-order chi connectivity index (χ0) is 24.0. The minimum Gasteiger partial charge on any atom is -0.299 e. The second-order valence-electron chi connectivity index (χ2n) is 11.9. The van der Waals surface area contributed by atoms with Crippen molar-refractivity contribution in [3.63, 3.8) is 0 Å². The third kappa shape index (κ3) is 4.00. The van der Waals surface area contributed by atoms with Gasteiger partial charge < -0.3 is 0 Å². The number of ketones is 1. The van der Waals surface area contributed by atoms with Gasteiger partial charge in [-0.1, -0.05) is 80.9 Å². The molecular weight excluding hydrogens is 464 g/mol. The highest BCUT2D eigenvalue weighted by molar-refractivity contribution is 8.34. The van der Waals surface area contributed by atoms with Crippen LogP contribution in [0.2, 0.25) is 0 Å². The van der Waals surface area contributed by atoms with Gasteiger partial charge in [0.2, 0.25) is 0 Å². The van der Waals surface area contributed by atoms with E-state index in [0.717, 1.165) is 62.7 Å². The summed E-state index contributed by atoms with van der Waals surface area (Å²) in [6, 6.07) is 10.4. The highest BCUT2D eigenvalue weighted by Crippen LogP contribution is 2.71. The molecule has 0 saturated heterocycles. The second kappa shape index (κ2) is 9.23. The fourth-order valence-corrected chi connectivity index (χ4v) is 15.9. The van der Waals surface area contributed by atoms with Crippen LogP contribution >= 0.6 is 10.3 Å². The van der Waals surface area contributed by atoms with Crippen LogP contribution < -0.4 is 0 Å². The number of fused-ring (bicyclic) bond motifs is 2. The van der Waals surface area contributed by atoms with Gasteiger partial charge in [0.15, 0.2) is 0 Å². The molecule has 0 aliphatic heterocycles. The Bertz CT molecular complexity index is 972. The molecule has 0 spiro atoms. The third-order valence-electron chi connectivity index (χ3n) is 9.98. The van der Waals surface area contributed by atoms with Crippen molar-refractivity contribution in [1.29, 1.82) is 0 Å². The maximum atomic E-state index is 14.1. The number of hydrogen-bond acceptors (Lipinski definition) is 4. The van der Waals surface area contributed by atoms with Crippen LogP contribution in [0.15, 0.2) is 35.2 Å². The Kier molecular flexibility index (Phi) is 6.74. The van der Waals surface area contributed by atoms with E-state index in [1.165, 1.54) is 12.8 Å². The first kappa shape index (κ1) is 24.8. The Hall–Kier alpha value is -0.850. The van der Waals surface area contributed by atoms with Crippen molar-refractivity contribution in [3.8, 4) is 0 Å². The number of rotatable bonds is 7. The SMILES string of the molecule is CC1(C)C2CCC1(CS(=O)(=O)OS(c1ccccc1)(C1CCCCC1)C1CCCCC1)C(=O)C2. The van der Waals surface area contributed by atoms with Crippen LogP contribution in [0.5, 0.6) is 0 Å². The van der Waals surface area contributed by atoms with Gasteiger partial charge >= 0.3 is 0 Å². The normalized spacial score (nSPS) is 31.1. The molecule has 1 aromatic rings. The molecule has 2 atom stereocenters. The van der Waals surface area contributed by atoms with E-state index in [1.807, 2.05) is 18.2 Å². The standard InChI is InChI=1S/C28H42O4S2/c1-27(2)22-18-19-28(27,26(29)20-22)21-33(30,31)32-34(23-12-6-3-7-13-23,24-14-8-4-9-15-24)25-16-10-5-11-17-25/h3,6-7,12-13,22,24-25H,4-5,8-11,14-21H2,1-2H3. The van der Waals surface area contributed by atoms with Gasteiger partial charge in [0.25, 0.3) is 10.1 Å². The smallest absolute Gasteiger partial charge is 0.277 e. The summed E-state index contributed by atoms with van der Waals surface area (Å²) >= 11 is 0. The molecule has 1 aromatic carbocycles. The molecule has 0 amide bonds. The molecule has 34 heavy (non-hydrogen) atoms. The lowest BCUT2D eigenvalue weighted by atomic mass is 9.70. The first-order chi connectivity index (χ1) is 16.2. The molecule has 6 heteroatoms. The van der Waals surface area contributed by atoms with Crippen LogP contribution in [0.1, 0.15) is 97.3 Å². The van der Waals surface area contributed by atoms with Gasteiger partial charge in [0.05, 0.1) is 11.2 Å². The average molecular weight is 507 g/mol. The summed E-state index contributed by atoms with van der Waals surface area (Å²) in [7, 11) is -5.95. The Balaban J connectivity index is 1.57. The molecule has 0 aromatic heterocycles. The molecule has 4 saturated carbocycles. The summed E-state index contributed by atoms with van der Waals surface area (Å²) in [5.41, 5.74) is -1.06. The topological polar surface area (TPSA) is 60.4 Å². The summed E-state index contributed by atoms with van der Waals surface area (Å²) in [6.07, 6.45) is 13.4. The first-order valence-corrected chi connectivity index (χ1v) is 16.8. The van der Waals surface area contributed by atoms with Crippen LogP contribution in [0.3, 0.4) is 0 Å². The van der Waals surface area contributed by atoms with Gasteiger partial charge in [-0.3, -0.25) is 4.79 Å². The summed E-state index contributed by atoms with van der Waals surface area (Å²) in [6.45, 7) is 4.23. The summed E-state index contributed by atoms with van der Waals surface area (Å²) in [5, 5.41) is 0.560. The average Bonchev–Trinajstić information content (AvgIpc) is 3.18.